The predicted molar refractivity (Wildman–Crippen MR) is 127 cm³/mol. The van der Waals surface area contributed by atoms with Crippen LogP contribution in [0.4, 0.5) is 13.2 Å². The van der Waals surface area contributed by atoms with Crippen LogP contribution in [0.15, 0.2) is 65.8 Å². The van der Waals surface area contributed by atoms with Gasteiger partial charge in [0.15, 0.2) is 5.65 Å². The number of alkyl halides is 3. The van der Waals surface area contributed by atoms with E-state index in [1.54, 1.807) is 0 Å². The van der Waals surface area contributed by atoms with Crippen molar-refractivity contribution in [1.82, 2.24) is 24.6 Å². The molecule has 11 heteroatoms. The van der Waals surface area contributed by atoms with Gasteiger partial charge in [0.05, 0.1) is 37.9 Å². The summed E-state index contributed by atoms with van der Waals surface area (Å²) in [5.41, 5.74) is 0.322. The smallest absolute Gasteiger partial charge is 0.416 e. The van der Waals surface area contributed by atoms with Crippen LogP contribution in [0.3, 0.4) is 0 Å². The van der Waals surface area contributed by atoms with E-state index in [9.17, 15) is 22.8 Å². The van der Waals surface area contributed by atoms with Gasteiger partial charge >= 0.3 is 6.18 Å². The summed E-state index contributed by atoms with van der Waals surface area (Å²) in [7, 11) is 0. The molecule has 2 aromatic heterocycles. The molecule has 36 heavy (non-hydrogen) atoms. The summed E-state index contributed by atoms with van der Waals surface area (Å²) in [5, 5.41) is 7.24. The molecule has 4 rings (SSSR count). The van der Waals surface area contributed by atoms with Crippen molar-refractivity contribution in [3.05, 3.63) is 88.1 Å². The summed E-state index contributed by atoms with van der Waals surface area (Å²) < 4.78 is 47.1. The van der Waals surface area contributed by atoms with Crippen molar-refractivity contribution in [3.8, 4) is 5.75 Å². The summed E-state index contributed by atoms with van der Waals surface area (Å²) in [6.45, 7) is 2.99. The normalized spacial score (nSPS) is 11.6. The van der Waals surface area contributed by atoms with Gasteiger partial charge < -0.3 is 10.1 Å². The number of hydrogen-bond donors (Lipinski definition) is 1. The third-order valence-electron chi connectivity index (χ3n) is 5.47. The average Bonchev–Trinajstić information content (AvgIpc) is 3.26. The number of carbonyl (C=O) groups excluding carboxylic acids is 1. The highest BCUT2D eigenvalue weighted by Gasteiger charge is 2.30. The zero-order valence-electron chi connectivity index (χ0n) is 19.5. The molecule has 0 aliphatic carbocycles. The number of hydrogen-bond acceptors (Lipinski definition) is 5. The Labute approximate surface area is 204 Å². The molecule has 0 spiro atoms. The maximum absolute atomic E-state index is 13.0. The Bertz CT molecular complexity index is 1410. The lowest BCUT2D eigenvalue weighted by Crippen LogP contribution is -2.29. The first-order valence-corrected chi connectivity index (χ1v) is 11.3. The van der Waals surface area contributed by atoms with Gasteiger partial charge in [-0.2, -0.15) is 18.3 Å². The van der Waals surface area contributed by atoms with E-state index in [0.717, 1.165) is 23.4 Å². The molecule has 0 saturated heterocycles. The molecular formula is C25H24F3N5O3. The fourth-order valence-corrected chi connectivity index (χ4v) is 3.74. The Balaban J connectivity index is 1.37. The van der Waals surface area contributed by atoms with Crippen molar-refractivity contribution in [2.75, 3.05) is 13.2 Å². The third kappa shape index (κ3) is 5.91. The second kappa shape index (κ2) is 10.6. The Hall–Kier alpha value is -4.15. The Kier molecular flexibility index (Phi) is 7.37. The van der Waals surface area contributed by atoms with Gasteiger partial charge in [0.25, 0.3) is 5.56 Å². The lowest BCUT2D eigenvalue weighted by atomic mass is 10.1. The topological polar surface area (TPSA) is 91.0 Å². The highest BCUT2D eigenvalue weighted by molar-refractivity contribution is 5.78. The van der Waals surface area contributed by atoms with Crippen LogP contribution in [0, 0.1) is 0 Å². The maximum Gasteiger partial charge on any atom is 0.416 e. The molecule has 4 aromatic rings. The fourth-order valence-electron chi connectivity index (χ4n) is 3.74. The van der Waals surface area contributed by atoms with E-state index >= 15 is 0 Å². The lowest BCUT2D eigenvalue weighted by molar-refractivity contribution is -0.137. The molecule has 0 bridgehead atoms. The van der Waals surface area contributed by atoms with E-state index in [1.807, 2.05) is 31.2 Å². The molecule has 0 radical (unpaired) electrons. The molecule has 0 aliphatic rings. The Morgan fingerprint density at radius 1 is 1.11 bits per heavy atom. The molecule has 188 valence electrons. The van der Waals surface area contributed by atoms with Crippen LogP contribution in [0.2, 0.25) is 0 Å². The fraction of sp³-hybridized carbons (Fsp3) is 0.280. The zero-order valence-corrected chi connectivity index (χ0v) is 19.5. The van der Waals surface area contributed by atoms with Gasteiger partial charge in [-0.25, -0.2) is 9.67 Å². The minimum absolute atomic E-state index is 0.0571. The van der Waals surface area contributed by atoms with Gasteiger partial charge in [0.1, 0.15) is 17.5 Å². The van der Waals surface area contributed by atoms with Gasteiger partial charge in [-0.15, -0.1) is 0 Å². The van der Waals surface area contributed by atoms with E-state index < -0.39 is 17.3 Å². The summed E-state index contributed by atoms with van der Waals surface area (Å²) in [4.78, 5) is 29.4. The summed E-state index contributed by atoms with van der Waals surface area (Å²) in [6.07, 6.45) is -1.60. The van der Waals surface area contributed by atoms with Crippen LogP contribution in [0.25, 0.3) is 11.0 Å². The van der Waals surface area contributed by atoms with E-state index in [2.05, 4.69) is 15.4 Å². The van der Waals surface area contributed by atoms with Crippen LogP contribution < -0.4 is 15.6 Å². The van der Waals surface area contributed by atoms with E-state index in [0.29, 0.717) is 24.4 Å². The summed E-state index contributed by atoms with van der Waals surface area (Å²) >= 11 is 0. The van der Waals surface area contributed by atoms with Gasteiger partial charge in [-0.3, -0.25) is 14.2 Å². The zero-order chi connectivity index (χ0) is 25.7. The van der Waals surface area contributed by atoms with Gasteiger partial charge in [-0.1, -0.05) is 24.3 Å². The first-order chi connectivity index (χ1) is 17.2. The van der Waals surface area contributed by atoms with Crippen molar-refractivity contribution in [1.29, 1.82) is 0 Å². The summed E-state index contributed by atoms with van der Waals surface area (Å²) in [6, 6.07) is 12.1. The molecule has 0 saturated carbocycles. The molecule has 0 atom stereocenters. The number of aromatic nitrogens is 4. The molecule has 1 amide bonds. The minimum atomic E-state index is -4.46. The standard InChI is InChI=1S/C25H24F3N5O3/c1-2-36-20-8-6-17(7-9-20)13-22(34)29-10-11-33-23-21(14-31-33)24(35)32(16-30-23)15-18-4-3-5-19(12-18)25(26,27)28/h3-9,12,14,16H,2,10-11,13,15H2,1H3,(H,29,34). The van der Waals surface area contributed by atoms with Crippen molar-refractivity contribution < 1.29 is 22.7 Å². The van der Waals surface area contributed by atoms with E-state index in [-0.39, 0.29) is 30.8 Å². The molecule has 2 heterocycles. The molecular weight excluding hydrogens is 475 g/mol. The first kappa shape index (κ1) is 25.0. The van der Waals surface area contributed by atoms with E-state index in [4.69, 9.17) is 4.74 Å². The van der Waals surface area contributed by atoms with Crippen LogP contribution in [0.1, 0.15) is 23.6 Å². The number of halogens is 3. The number of carbonyl (C=O) groups is 1. The van der Waals surface area contributed by atoms with E-state index in [1.165, 1.54) is 33.9 Å². The highest BCUT2D eigenvalue weighted by Crippen LogP contribution is 2.29. The number of rotatable bonds is 9. The molecule has 1 N–H and O–H groups in total. The Morgan fingerprint density at radius 3 is 2.61 bits per heavy atom. The largest absolute Gasteiger partial charge is 0.494 e. The lowest BCUT2D eigenvalue weighted by Gasteiger charge is -2.10. The number of nitrogens with one attached hydrogen (secondary N) is 1. The number of benzene rings is 2. The predicted octanol–water partition coefficient (Wildman–Crippen LogP) is 3.42. The maximum atomic E-state index is 13.0. The van der Waals surface area contributed by atoms with Crippen molar-refractivity contribution >= 4 is 16.9 Å². The molecule has 8 nitrogen and oxygen atoms in total. The van der Waals surface area contributed by atoms with Crippen LogP contribution in [0.5, 0.6) is 5.75 Å². The second-order valence-corrected chi connectivity index (χ2v) is 8.08. The SMILES string of the molecule is CCOc1ccc(CC(=O)NCCn2ncc3c(=O)n(Cc4cccc(C(F)(F)F)c4)cnc32)cc1. The number of fused-ring (bicyclic) bond motifs is 1. The van der Waals surface area contributed by atoms with Gasteiger partial charge in [-0.05, 0) is 42.3 Å². The number of nitrogens with zero attached hydrogens (tertiary/aromatic N) is 4. The Morgan fingerprint density at radius 2 is 1.89 bits per heavy atom. The minimum Gasteiger partial charge on any atom is -0.494 e. The van der Waals surface area contributed by atoms with Crippen molar-refractivity contribution in [3.63, 3.8) is 0 Å². The van der Waals surface area contributed by atoms with Crippen LogP contribution in [-0.4, -0.2) is 38.4 Å². The van der Waals surface area contributed by atoms with Gasteiger partial charge in [0.2, 0.25) is 5.91 Å². The average molecular weight is 499 g/mol. The van der Waals surface area contributed by atoms with Gasteiger partial charge in [0, 0.05) is 6.54 Å². The summed E-state index contributed by atoms with van der Waals surface area (Å²) in [5.74, 6) is 0.584. The highest BCUT2D eigenvalue weighted by atomic mass is 19.4. The third-order valence-corrected chi connectivity index (χ3v) is 5.47. The second-order valence-electron chi connectivity index (χ2n) is 8.08. The quantitative estimate of drug-likeness (QED) is 0.381. The van der Waals surface area contributed by atoms with Crippen LogP contribution in [-0.2, 0) is 30.5 Å². The first-order valence-electron chi connectivity index (χ1n) is 11.3. The molecule has 0 unspecified atom stereocenters. The molecule has 2 aromatic carbocycles. The monoisotopic (exact) mass is 499 g/mol. The number of ether oxygens (including phenoxy) is 1. The van der Waals surface area contributed by atoms with Crippen molar-refractivity contribution in [2.45, 2.75) is 32.6 Å². The van der Waals surface area contributed by atoms with Crippen LogP contribution >= 0.6 is 0 Å². The van der Waals surface area contributed by atoms with Crippen molar-refractivity contribution in [2.24, 2.45) is 0 Å². The molecule has 0 aliphatic heterocycles. The number of amides is 1. The molecule has 0 fully saturated rings.